The molecule has 0 atom stereocenters. The van der Waals surface area contributed by atoms with Crippen molar-refractivity contribution in [3.05, 3.63) is 30.4 Å². The Kier molecular flexibility index (Phi) is 1.74. The Balaban J connectivity index is 2.18. The standard InChI is InChI=1S/C11H11N4/c1-15-3-2-9-10(6-12-7-11(9)15)8-4-13-14-5-8/h4-7H,2-3H2,1H3/q-1. The van der Waals surface area contributed by atoms with Crippen molar-refractivity contribution >= 4 is 5.69 Å². The van der Waals surface area contributed by atoms with Crippen LogP contribution in [-0.4, -0.2) is 23.7 Å². The van der Waals surface area contributed by atoms with Gasteiger partial charge in [-0.05, 0) is 17.5 Å². The topological polar surface area (TPSA) is 43.1 Å². The van der Waals surface area contributed by atoms with Crippen molar-refractivity contribution in [2.45, 2.75) is 6.42 Å². The van der Waals surface area contributed by atoms with Gasteiger partial charge in [-0.15, -0.1) is 0 Å². The summed E-state index contributed by atoms with van der Waals surface area (Å²) in [6.07, 6.45) is 8.48. The fourth-order valence-electron chi connectivity index (χ4n) is 2.08. The first-order chi connectivity index (χ1) is 7.36. The van der Waals surface area contributed by atoms with Crippen molar-refractivity contribution < 1.29 is 0 Å². The molecule has 0 spiro atoms. The van der Waals surface area contributed by atoms with Crippen LogP contribution in [0.2, 0.25) is 0 Å². The zero-order valence-electron chi connectivity index (χ0n) is 8.51. The first-order valence-corrected chi connectivity index (χ1v) is 4.98. The maximum Gasteiger partial charge on any atom is 0.0589 e. The Hall–Kier alpha value is -1.84. The second-order valence-electron chi connectivity index (χ2n) is 3.80. The summed E-state index contributed by atoms with van der Waals surface area (Å²) in [7, 11) is 2.10. The Bertz CT molecular complexity index is 475. The van der Waals surface area contributed by atoms with E-state index in [0.29, 0.717) is 0 Å². The van der Waals surface area contributed by atoms with Gasteiger partial charge in [-0.1, -0.05) is 0 Å². The predicted molar refractivity (Wildman–Crippen MR) is 57.8 cm³/mol. The summed E-state index contributed by atoms with van der Waals surface area (Å²) in [4.78, 5) is 6.50. The minimum atomic E-state index is 1.06. The molecule has 0 bridgehead atoms. The SMILES string of the molecule is CN1CCc2c(-c3cn[n-]c3)cncc21. The van der Waals surface area contributed by atoms with Gasteiger partial charge >= 0.3 is 0 Å². The van der Waals surface area contributed by atoms with Crippen LogP contribution in [0, 0.1) is 0 Å². The van der Waals surface area contributed by atoms with E-state index in [-0.39, 0.29) is 0 Å². The average molecular weight is 199 g/mol. The van der Waals surface area contributed by atoms with Crippen LogP contribution in [-0.2, 0) is 6.42 Å². The number of fused-ring (bicyclic) bond motifs is 1. The van der Waals surface area contributed by atoms with Crippen molar-refractivity contribution in [2.24, 2.45) is 0 Å². The van der Waals surface area contributed by atoms with Gasteiger partial charge in [0.25, 0.3) is 0 Å². The zero-order valence-corrected chi connectivity index (χ0v) is 8.51. The third kappa shape index (κ3) is 1.21. The van der Waals surface area contributed by atoms with E-state index in [1.54, 1.807) is 12.4 Å². The van der Waals surface area contributed by atoms with Crippen molar-refractivity contribution in [2.75, 3.05) is 18.5 Å². The fraction of sp³-hybridized carbons (Fsp3) is 0.273. The molecule has 1 aliphatic heterocycles. The van der Waals surface area contributed by atoms with Gasteiger partial charge in [0.05, 0.1) is 11.9 Å². The van der Waals surface area contributed by atoms with Gasteiger partial charge < -0.3 is 15.1 Å². The van der Waals surface area contributed by atoms with Gasteiger partial charge in [-0.3, -0.25) is 4.98 Å². The summed E-state index contributed by atoms with van der Waals surface area (Å²) in [6, 6.07) is 0. The van der Waals surface area contributed by atoms with Crippen LogP contribution in [0.25, 0.3) is 11.1 Å². The van der Waals surface area contributed by atoms with E-state index < -0.39 is 0 Å². The number of likely N-dealkylation sites (N-methyl/N-ethyl adjacent to an activating group) is 1. The number of hydrogen-bond donors (Lipinski definition) is 0. The lowest BCUT2D eigenvalue weighted by Crippen LogP contribution is -2.12. The molecule has 0 N–H and O–H groups in total. The Morgan fingerprint density at radius 3 is 3.07 bits per heavy atom. The van der Waals surface area contributed by atoms with Gasteiger partial charge in [-0.2, -0.15) is 6.20 Å². The Labute approximate surface area is 88.0 Å². The summed E-state index contributed by atoms with van der Waals surface area (Å²) in [5.41, 5.74) is 4.83. The quantitative estimate of drug-likeness (QED) is 0.689. The highest BCUT2D eigenvalue weighted by Crippen LogP contribution is 2.33. The molecule has 3 rings (SSSR count). The molecule has 0 radical (unpaired) electrons. The minimum Gasteiger partial charge on any atom is -0.581 e. The van der Waals surface area contributed by atoms with Gasteiger partial charge in [0.15, 0.2) is 0 Å². The molecule has 4 heteroatoms. The van der Waals surface area contributed by atoms with Gasteiger partial charge in [0, 0.05) is 31.5 Å². The molecule has 0 saturated carbocycles. The fourth-order valence-corrected chi connectivity index (χ4v) is 2.08. The number of anilines is 1. The number of pyridine rings is 1. The molecule has 76 valence electrons. The molecular weight excluding hydrogens is 188 g/mol. The smallest absolute Gasteiger partial charge is 0.0589 e. The van der Waals surface area contributed by atoms with E-state index in [0.717, 1.165) is 18.5 Å². The number of hydrogen-bond acceptors (Lipinski definition) is 3. The second-order valence-corrected chi connectivity index (χ2v) is 3.80. The van der Waals surface area contributed by atoms with Crippen molar-refractivity contribution in [3.8, 4) is 11.1 Å². The zero-order chi connectivity index (χ0) is 10.3. The molecule has 1 aliphatic rings. The summed E-state index contributed by atoms with van der Waals surface area (Å²) < 4.78 is 0. The molecule has 0 aliphatic carbocycles. The largest absolute Gasteiger partial charge is 0.581 e. The molecule has 2 aromatic heterocycles. The molecule has 0 saturated heterocycles. The molecule has 0 aromatic carbocycles. The highest BCUT2D eigenvalue weighted by atomic mass is 15.1. The second kappa shape index (κ2) is 3.08. The Morgan fingerprint density at radius 2 is 2.27 bits per heavy atom. The van der Waals surface area contributed by atoms with Crippen molar-refractivity contribution in [3.63, 3.8) is 0 Å². The van der Waals surface area contributed by atoms with Crippen LogP contribution >= 0.6 is 0 Å². The summed E-state index contributed by atoms with van der Waals surface area (Å²) >= 11 is 0. The van der Waals surface area contributed by atoms with Crippen LogP contribution in [0.15, 0.2) is 24.8 Å². The third-order valence-corrected chi connectivity index (χ3v) is 2.91. The van der Waals surface area contributed by atoms with E-state index in [2.05, 4.69) is 27.1 Å². The van der Waals surface area contributed by atoms with E-state index in [1.807, 2.05) is 12.4 Å². The number of rotatable bonds is 1. The first kappa shape index (κ1) is 8.47. The minimum absolute atomic E-state index is 1.06. The summed E-state index contributed by atoms with van der Waals surface area (Å²) in [6.45, 7) is 1.07. The summed E-state index contributed by atoms with van der Waals surface area (Å²) in [5.74, 6) is 0. The van der Waals surface area contributed by atoms with Gasteiger partial charge in [0.1, 0.15) is 0 Å². The van der Waals surface area contributed by atoms with Gasteiger partial charge in [0.2, 0.25) is 0 Å². The molecule has 0 fully saturated rings. The molecule has 0 unspecified atom stereocenters. The Morgan fingerprint density at radius 1 is 1.33 bits per heavy atom. The third-order valence-electron chi connectivity index (χ3n) is 2.91. The maximum absolute atomic E-state index is 4.27. The number of nitrogens with zero attached hydrogens (tertiary/aromatic N) is 4. The average Bonchev–Trinajstić information content (AvgIpc) is 2.88. The molecule has 2 aromatic rings. The first-order valence-electron chi connectivity index (χ1n) is 4.98. The number of aromatic nitrogens is 3. The van der Waals surface area contributed by atoms with E-state index in [4.69, 9.17) is 0 Å². The molecule has 4 nitrogen and oxygen atoms in total. The van der Waals surface area contributed by atoms with Crippen LogP contribution in [0.3, 0.4) is 0 Å². The lowest BCUT2D eigenvalue weighted by Gasteiger charge is -2.12. The molecule has 0 amide bonds. The lowest BCUT2D eigenvalue weighted by molar-refractivity contribution is 0.956. The lowest BCUT2D eigenvalue weighted by atomic mass is 10.0. The highest BCUT2D eigenvalue weighted by Gasteiger charge is 2.19. The van der Waals surface area contributed by atoms with Crippen molar-refractivity contribution in [1.82, 2.24) is 15.2 Å². The van der Waals surface area contributed by atoms with E-state index in [1.165, 1.54) is 16.8 Å². The summed E-state index contributed by atoms with van der Waals surface area (Å²) in [5, 5.41) is 7.70. The van der Waals surface area contributed by atoms with Crippen LogP contribution in [0.1, 0.15) is 5.56 Å². The van der Waals surface area contributed by atoms with Crippen LogP contribution < -0.4 is 10.00 Å². The van der Waals surface area contributed by atoms with E-state index in [9.17, 15) is 0 Å². The molecule has 3 heterocycles. The monoisotopic (exact) mass is 199 g/mol. The van der Waals surface area contributed by atoms with Crippen molar-refractivity contribution in [1.29, 1.82) is 0 Å². The molecular formula is C11H11N4-. The van der Waals surface area contributed by atoms with E-state index >= 15 is 0 Å². The van der Waals surface area contributed by atoms with Crippen LogP contribution in [0.5, 0.6) is 0 Å². The normalized spacial score (nSPS) is 14.3. The van der Waals surface area contributed by atoms with Gasteiger partial charge in [-0.25, -0.2) is 0 Å². The van der Waals surface area contributed by atoms with Crippen LogP contribution in [0.4, 0.5) is 5.69 Å². The maximum atomic E-state index is 4.27. The molecule has 15 heavy (non-hydrogen) atoms. The highest BCUT2D eigenvalue weighted by molar-refractivity contribution is 5.74. The predicted octanol–water partition coefficient (Wildman–Crippen LogP) is 1.09.